The second-order valence-electron chi connectivity index (χ2n) is 3.87. The highest BCUT2D eigenvalue weighted by Gasteiger charge is 2.15. The molecular weight excluding hydrogens is 164 g/mol. The Hall–Kier alpha value is -0.120. The average Bonchev–Trinajstić information content (AvgIpc) is 2.64. The molecular formula is C10H22N2O. The van der Waals surface area contributed by atoms with E-state index in [1.165, 1.54) is 19.3 Å². The second kappa shape index (κ2) is 6.35. The lowest BCUT2D eigenvalue weighted by molar-refractivity contribution is 0.0950. The van der Waals surface area contributed by atoms with Crippen LogP contribution in [-0.2, 0) is 4.74 Å². The smallest absolute Gasteiger partial charge is 0.0588 e. The first-order chi connectivity index (χ1) is 6.33. The van der Waals surface area contributed by atoms with Gasteiger partial charge in [0.05, 0.1) is 6.10 Å². The van der Waals surface area contributed by atoms with E-state index in [9.17, 15) is 0 Å². The number of hydrogen-bond acceptors (Lipinski definition) is 3. The van der Waals surface area contributed by atoms with Gasteiger partial charge in [-0.05, 0) is 45.8 Å². The molecule has 0 radical (unpaired) electrons. The lowest BCUT2D eigenvalue weighted by Gasteiger charge is -2.18. The molecule has 0 saturated carbocycles. The van der Waals surface area contributed by atoms with Gasteiger partial charge in [0.25, 0.3) is 0 Å². The molecule has 0 aromatic rings. The van der Waals surface area contributed by atoms with Crippen LogP contribution in [0.3, 0.4) is 0 Å². The first-order valence-corrected chi connectivity index (χ1v) is 5.33. The summed E-state index contributed by atoms with van der Waals surface area (Å²) in [5.41, 5.74) is 5.44. The molecule has 0 aromatic carbocycles. The molecule has 0 aromatic heterocycles. The van der Waals surface area contributed by atoms with E-state index in [0.29, 0.717) is 6.10 Å². The maximum absolute atomic E-state index is 5.56. The molecule has 0 spiro atoms. The number of rotatable bonds is 6. The van der Waals surface area contributed by atoms with Crippen molar-refractivity contribution in [1.82, 2.24) is 4.90 Å². The van der Waals surface area contributed by atoms with Crippen LogP contribution in [0.4, 0.5) is 0 Å². The van der Waals surface area contributed by atoms with Crippen LogP contribution >= 0.6 is 0 Å². The standard InChI is InChI=1S/C10H22N2O/c1-12(7-3-6-11)8-5-10-4-2-9-13-10/h10H,2-9,11H2,1H3. The summed E-state index contributed by atoms with van der Waals surface area (Å²) in [4.78, 5) is 2.34. The summed E-state index contributed by atoms with van der Waals surface area (Å²) < 4.78 is 5.56. The van der Waals surface area contributed by atoms with Crippen molar-refractivity contribution in [3.05, 3.63) is 0 Å². The minimum atomic E-state index is 0.528. The fraction of sp³-hybridized carbons (Fsp3) is 1.00. The second-order valence-corrected chi connectivity index (χ2v) is 3.87. The topological polar surface area (TPSA) is 38.5 Å². The van der Waals surface area contributed by atoms with E-state index in [4.69, 9.17) is 10.5 Å². The van der Waals surface area contributed by atoms with Crippen LogP contribution < -0.4 is 5.73 Å². The molecule has 78 valence electrons. The Kier molecular flexibility index (Phi) is 5.35. The summed E-state index contributed by atoms with van der Waals surface area (Å²) in [6.45, 7) is 4.02. The Bertz CT molecular complexity index is 124. The molecule has 1 atom stereocenters. The van der Waals surface area contributed by atoms with Crippen molar-refractivity contribution in [3.8, 4) is 0 Å². The summed E-state index contributed by atoms with van der Waals surface area (Å²) in [7, 11) is 2.16. The van der Waals surface area contributed by atoms with Gasteiger partial charge in [0.2, 0.25) is 0 Å². The van der Waals surface area contributed by atoms with Crippen molar-refractivity contribution in [2.45, 2.75) is 31.8 Å². The van der Waals surface area contributed by atoms with Crippen LogP contribution in [0, 0.1) is 0 Å². The predicted molar refractivity (Wildman–Crippen MR) is 54.8 cm³/mol. The van der Waals surface area contributed by atoms with E-state index in [-0.39, 0.29) is 0 Å². The zero-order valence-corrected chi connectivity index (χ0v) is 8.67. The van der Waals surface area contributed by atoms with Crippen LogP contribution in [0.25, 0.3) is 0 Å². The molecule has 2 N–H and O–H groups in total. The summed E-state index contributed by atoms with van der Waals surface area (Å²) in [5.74, 6) is 0. The molecule has 1 fully saturated rings. The summed E-state index contributed by atoms with van der Waals surface area (Å²) in [5, 5.41) is 0. The maximum atomic E-state index is 5.56. The third-order valence-electron chi connectivity index (χ3n) is 2.60. The highest BCUT2D eigenvalue weighted by molar-refractivity contribution is 4.66. The highest BCUT2D eigenvalue weighted by atomic mass is 16.5. The first kappa shape index (κ1) is 11.0. The number of hydrogen-bond donors (Lipinski definition) is 1. The van der Waals surface area contributed by atoms with Crippen molar-refractivity contribution < 1.29 is 4.74 Å². The van der Waals surface area contributed by atoms with Crippen molar-refractivity contribution in [2.24, 2.45) is 5.73 Å². The molecule has 1 unspecified atom stereocenters. The normalized spacial score (nSPS) is 22.8. The van der Waals surface area contributed by atoms with Gasteiger partial charge in [0, 0.05) is 13.2 Å². The quantitative estimate of drug-likeness (QED) is 0.668. The minimum Gasteiger partial charge on any atom is -0.378 e. The van der Waals surface area contributed by atoms with Gasteiger partial charge in [0.1, 0.15) is 0 Å². The average molecular weight is 186 g/mol. The fourth-order valence-electron chi connectivity index (χ4n) is 1.71. The minimum absolute atomic E-state index is 0.528. The van der Waals surface area contributed by atoms with Crippen LogP contribution in [0.15, 0.2) is 0 Å². The van der Waals surface area contributed by atoms with Crippen molar-refractivity contribution in [2.75, 3.05) is 33.3 Å². The summed E-state index contributed by atoms with van der Waals surface area (Å²) >= 11 is 0. The predicted octanol–water partition coefficient (Wildman–Crippen LogP) is 0.836. The lowest BCUT2D eigenvalue weighted by atomic mass is 10.2. The molecule has 1 saturated heterocycles. The van der Waals surface area contributed by atoms with Gasteiger partial charge in [-0.2, -0.15) is 0 Å². The lowest BCUT2D eigenvalue weighted by Crippen LogP contribution is -2.25. The molecule has 13 heavy (non-hydrogen) atoms. The van der Waals surface area contributed by atoms with Crippen molar-refractivity contribution >= 4 is 0 Å². The van der Waals surface area contributed by atoms with E-state index in [1.54, 1.807) is 0 Å². The molecule has 0 amide bonds. The van der Waals surface area contributed by atoms with E-state index >= 15 is 0 Å². The van der Waals surface area contributed by atoms with E-state index in [1.807, 2.05) is 0 Å². The first-order valence-electron chi connectivity index (χ1n) is 5.33. The maximum Gasteiger partial charge on any atom is 0.0588 e. The molecule has 1 aliphatic rings. The van der Waals surface area contributed by atoms with Crippen LogP contribution in [0.1, 0.15) is 25.7 Å². The molecule has 1 heterocycles. The zero-order chi connectivity index (χ0) is 9.52. The third-order valence-corrected chi connectivity index (χ3v) is 2.60. The molecule has 0 bridgehead atoms. The van der Waals surface area contributed by atoms with Gasteiger partial charge in [-0.1, -0.05) is 0 Å². The Labute approximate surface area is 81.2 Å². The molecule has 0 aliphatic carbocycles. The highest BCUT2D eigenvalue weighted by Crippen LogP contribution is 2.15. The van der Waals surface area contributed by atoms with Crippen LogP contribution in [-0.4, -0.2) is 44.3 Å². The largest absolute Gasteiger partial charge is 0.378 e. The Morgan fingerprint density at radius 2 is 2.31 bits per heavy atom. The fourth-order valence-corrected chi connectivity index (χ4v) is 1.71. The molecule has 1 aliphatic heterocycles. The molecule has 3 nitrogen and oxygen atoms in total. The molecule has 3 heteroatoms. The van der Waals surface area contributed by atoms with Gasteiger partial charge in [-0.25, -0.2) is 0 Å². The van der Waals surface area contributed by atoms with Gasteiger partial charge in [0.15, 0.2) is 0 Å². The van der Waals surface area contributed by atoms with E-state index in [0.717, 1.165) is 32.7 Å². The third kappa shape index (κ3) is 4.60. The van der Waals surface area contributed by atoms with Crippen molar-refractivity contribution in [3.63, 3.8) is 0 Å². The van der Waals surface area contributed by atoms with E-state index in [2.05, 4.69) is 11.9 Å². The summed E-state index contributed by atoms with van der Waals surface area (Å²) in [6, 6.07) is 0. The molecule has 1 rings (SSSR count). The zero-order valence-electron chi connectivity index (χ0n) is 8.67. The van der Waals surface area contributed by atoms with Crippen molar-refractivity contribution in [1.29, 1.82) is 0 Å². The monoisotopic (exact) mass is 186 g/mol. The number of nitrogens with zero attached hydrogens (tertiary/aromatic N) is 1. The van der Waals surface area contributed by atoms with Gasteiger partial charge in [-0.3, -0.25) is 0 Å². The van der Waals surface area contributed by atoms with E-state index < -0.39 is 0 Å². The number of nitrogens with two attached hydrogens (primary N) is 1. The Morgan fingerprint density at radius 3 is 2.92 bits per heavy atom. The van der Waals surface area contributed by atoms with Crippen LogP contribution in [0.2, 0.25) is 0 Å². The Balaban J connectivity index is 1.97. The van der Waals surface area contributed by atoms with Crippen LogP contribution in [0.5, 0.6) is 0 Å². The van der Waals surface area contributed by atoms with Gasteiger partial charge in [-0.15, -0.1) is 0 Å². The van der Waals surface area contributed by atoms with Gasteiger partial charge < -0.3 is 15.4 Å². The number of ether oxygens (including phenoxy) is 1. The van der Waals surface area contributed by atoms with Gasteiger partial charge >= 0.3 is 0 Å². The summed E-state index contributed by atoms with van der Waals surface area (Å²) in [6.07, 6.45) is 5.31. The SMILES string of the molecule is CN(CCCN)CCC1CCCO1. The Morgan fingerprint density at radius 1 is 1.46 bits per heavy atom.